The van der Waals surface area contributed by atoms with Crippen LogP contribution in [0.5, 0.6) is 0 Å². The molecule has 2 rings (SSSR count). The second-order valence-corrected chi connectivity index (χ2v) is 4.76. The van der Waals surface area contributed by atoms with Crippen LogP contribution in [0.25, 0.3) is 0 Å². The Morgan fingerprint density at radius 3 is 3.00 bits per heavy atom. The van der Waals surface area contributed by atoms with Crippen molar-refractivity contribution < 1.29 is 5.11 Å². The average molecular weight is 223 g/mol. The van der Waals surface area contributed by atoms with Crippen LogP contribution in [-0.2, 0) is 6.54 Å². The van der Waals surface area contributed by atoms with Crippen LogP contribution in [0.4, 0.5) is 0 Å². The first-order valence-electron chi connectivity index (χ1n) is 6.11. The van der Waals surface area contributed by atoms with Gasteiger partial charge in [-0.3, -0.25) is 0 Å². The largest absolute Gasteiger partial charge is 0.396 e. The maximum absolute atomic E-state index is 9.21. The van der Waals surface area contributed by atoms with E-state index < -0.39 is 0 Å². The predicted molar refractivity (Wildman–Crippen MR) is 62.9 cm³/mol. The van der Waals surface area contributed by atoms with Crippen molar-refractivity contribution in [1.82, 2.24) is 15.3 Å². The van der Waals surface area contributed by atoms with Crippen molar-refractivity contribution in [2.45, 2.75) is 32.7 Å². The fourth-order valence-electron chi connectivity index (χ4n) is 2.58. The Bertz CT molecular complexity index is 324. The number of hydrogen-bond donors (Lipinski definition) is 3. The summed E-state index contributed by atoms with van der Waals surface area (Å²) in [5.41, 5.74) is 1.14. The van der Waals surface area contributed by atoms with Gasteiger partial charge in [0.05, 0.1) is 0 Å². The lowest BCUT2D eigenvalue weighted by atomic mass is 9.97. The third-order valence-electron chi connectivity index (χ3n) is 3.53. The standard InChI is InChI=1S/C12H21N3O/c1-9-14-7-12(15-9)6-13-5-10-3-2-4-11(10)8-16/h7,10-11,13,16H,2-6,8H2,1H3,(H,14,15). The van der Waals surface area contributed by atoms with Gasteiger partial charge in [0, 0.05) is 25.0 Å². The minimum atomic E-state index is 0.343. The third kappa shape index (κ3) is 2.83. The van der Waals surface area contributed by atoms with Gasteiger partial charge in [0.25, 0.3) is 0 Å². The summed E-state index contributed by atoms with van der Waals surface area (Å²) in [5.74, 6) is 2.12. The van der Waals surface area contributed by atoms with Crippen molar-refractivity contribution in [3.05, 3.63) is 17.7 Å². The third-order valence-corrected chi connectivity index (χ3v) is 3.53. The van der Waals surface area contributed by atoms with Crippen molar-refractivity contribution in [1.29, 1.82) is 0 Å². The van der Waals surface area contributed by atoms with E-state index in [1.165, 1.54) is 19.3 Å². The fraction of sp³-hybridized carbons (Fsp3) is 0.750. The Balaban J connectivity index is 1.71. The van der Waals surface area contributed by atoms with Crippen LogP contribution in [-0.4, -0.2) is 28.2 Å². The van der Waals surface area contributed by atoms with Crippen LogP contribution in [0, 0.1) is 18.8 Å². The van der Waals surface area contributed by atoms with Crippen LogP contribution in [0.2, 0.25) is 0 Å². The van der Waals surface area contributed by atoms with E-state index in [1.807, 2.05) is 13.1 Å². The summed E-state index contributed by atoms with van der Waals surface area (Å²) in [4.78, 5) is 7.37. The average Bonchev–Trinajstić information content (AvgIpc) is 2.87. The van der Waals surface area contributed by atoms with Gasteiger partial charge in [-0.25, -0.2) is 4.98 Å². The van der Waals surface area contributed by atoms with Gasteiger partial charge in [-0.2, -0.15) is 0 Å². The van der Waals surface area contributed by atoms with E-state index in [-0.39, 0.29) is 0 Å². The topological polar surface area (TPSA) is 60.9 Å². The smallest absolute Gasteiger partial charge is 0.103 e. The molecule has 90 valence electrons. The molecule has 0 aromatic carbocycles. The highest BCUT2D eigenvalue weighted by atomic mass is 16.3. The van der Waals surface area contributed by atoms with Crippen molar-refractivity contribution >= 4 is 0 Å². The van der Waals surface area contributed by atoms with Gasteiger partial charge in [0.1, 0.15) is 5.82 Å². The summed E-state index contributed by atoms with van der Waals surface area (Å²) in [7, 11) is 0. The van der Waals surface area contributed by atoms with Crippen LogP contribution >= 0.6 is 0 Å². The number of nitrogens with one attached hydrogen (secondary N) is 2. The highest BCUT2D eigenvalue weighted by molar-refractivity contribution is 4.99. The first-order valence-corrected chi connectivity index (χ1v) is 6.11. The van der Waals surface area contributed by atoms with Crippen molar-refractivity contribution in [3.8, 4) is 0 Å². The molecule has 4 heteroatoms. The van der Waals surface area contributed by atoms with Gasteiger partial charge in [0.2, 0.25) is 0 Å². The number of nitrogens with zero attached hydrogens (tertiary/aromatic N) is 1. The summed E-state index contributed by atoms with van der Waals surface area (Å²) in [6.07, 6.45) is 5.58. The molecule has 1 fully saturated rings. The number of aryl methyl sites for hydroxylation is 1. The molecule has 0 bridgehead atoms. The molecule has 0 amide bonds. The molecule has 0 spiro atoms. The van der Waals surface area contributed by atoms with Gasteiger partial charge >= 0.3 is 0 Å². The molecular weight excluding hydrogens is 202 g/mol. The van der Waals surface area contributed by atoms with Crippen molar-refractivity contribution in [2.75, 3.05) is 13.2 Å². The van der Waals surface area contributed by atoms with E-state index in [0.29, 0.717) is 18.4 Å². The molecule has 1 aliphatic rings. The quantitative estimate of drug-likeness (QED) is 0.703. The number of rotatable bonds is 5. The summed E-state index contributed by atoms with van der Waals surface area (Å²) in [6.45, 7) is 4.15. The molecule has 2 unspecified atom stereocenters. The minimum absolute atomic E-state index is 0.343. The Labute approximate surface area is 96.5 Å². The van der Waals surface area contributed by atoms with Crippen LogP contribution in [0.15, 0.2) is 6.20 Å². The van der Waals surface area contributed by atoms with Crippen LogP contribution in [0.1, 0.15) is 30.8 Å². The summed E-state index contributed by atoms with van der Waals surface area (Å²) in [6, 6.07) is 0. The number of aromatic amines is 1. The van der Waals surface area contributed by atoms with E-state index in [0.717, 1.165) is 24.6 Å². The lowest BCUT2D eigenvalue weighted by molar-refractivity contribution is 0.192. The SMILES string of the molecule is Cc1ncc(CNCC2CCCC2CO)[nH]1. The maximum atomic E-state index is 9.21. The van der Waals surface area contributed by atoms with E-state index in [4.69, 9.17) is 0 Å². The van der Waals surface area contributed by atoms with E-state index in [9.17, 15) is 5.11 Å². The fourth-order valence-corrected chi connectivity index (χ4v) is 2.58. The van der Waals surface area contributed by atoms with Crippen LogP contribution < -0.4 is 5.32 Å². The first kappa shape index (κ1) is 11.6. The van der Waals surface area contributed by atoms with E-state index in [1.54, 1.807) is 0 Å². The molecule has 16 heavy (non-hydrogen) atoms. The molecule has 1 heterocycles. The maximum Gasteiger partial charge on any atom is 0.103 e. The highest BCUT2D eigenvalue weighted by Gasteiger charge is 2.25. The van der Waals surface area contributed by atoms with Gasteiger partial charge in [-0.1, -0.05) is 6.42 Å². The number of imidazole rings is 1. The molecule has 0 aliphatic heterocycles. The molecule has 1 aliphatic carbocycles. The minimum Gasteiger partial charge on any atom is -0.396 e. The second kappa shape index (κ2) is 5.46. The number of hydrogen-bond acceptors (Lipinski definition) is 3. The molecule has 1 aromatic rings. The number of aliphatic hydroxyl groups excluding tert-OH is 1. The molecule has 0 saturated heterocycles. The first-order chi connectivity index (χ1) is 7.79. The summed E-state index contributed by atoms with van der Waals surface area (Å²) in [5, 5.41) is 12.7. The van der Waals surface area contributed by atoms with Crippen molar-refractivity contribution in [2.24, 2.45) is 11.8 Å². The molecular formula is C12H21N3O. The van der Waals surface area contributed by atoms with Gasteiger partial charge in [0.15, 0.2) is 0 Å². The Morgan fingerprint density at radius 1 is 1.50 bits per heavy atom. The Hall–Kier alpha value is -0.870. The predicted octanol–water partition coefficient (Wildman–Crippen LogP) is 1.22. The molecule has 4 nitrogen and oxygen atoms in total. The number of aromatic nitrogens is 2. The highest BCUT2D eigenvalue weighted by Crippen LogP contribution is 2.30. The number of aliphatic hydroxyl groups is 1. The van der Waals surface area contributed by atoms with Gasteiger partial charge in [-0.05, 0) is 38.1 Å². The zero-order valence-corrected chi connectivity index (χ0v) is 9.87. The molecule has 1 saturated carbocycles. The Morgan fingerprint density at radius 2 is 2.31 bits per heavy atom. The molecule has 3 N–H and O–H groups in total. The number of H-pyrrole nitrogens is 1. The summed E-state index contributed by atoms with van der Waals surface area (Å²) >= 11 is 0. The second-order valence-electron chi connectivity index (χ2n) is 4.76. The van der Waals surface area contributed by atoms with E-state index >= 15 is 0 Å². The Kier molecular flexibility index (Phi) is 3.96. The van der Waals surface area contributed by atoms with Gasteiger partial charge < -0.3 is 15.4 Å². The molecule has 1 aromatic heterocycles. The normalized spacial score (nSPS) is 25.1. The van der Waals surface area contributed by atoms with Gasteiger partial charge in [-0.15, -0.1) is 0 Å². The monoisotopic (exact) mass is 223 g/mol. The summed E-state index contributed by atoms with van der Waals surface area (Å²) < 4.78 is 0. The van der Waals surface area contributed by atoms with E-state index in [2.05, 4.69) is 15.3 Å². The lowest BCUT2D eigenvalue weighted by Crippen LogP contribution is -2.26. The lowest BCUT2D eigenvalue weighted by Gasteiger charge is -2.17. The van der Waals surface area contributed by atoms with Crippen LogP contribution in [0.3, 0.4) is 0 Å². The zero-order chi connectivity index (χ0) is 11.4. The molecule has 0 radical (unpaired) electrons. The zero-order valence-electron chi connectivity index (χ0n) is 9.87. The molecule has 2 atom stereocenters. The van der Waals surface area contributed by atoms with Crippen molar-refractivity contribution in [3.63, 3.8) is 0 Å².